The smallest absolute Gasteiger partial charge is 0.338 e. The first-order chi connectivity index (χ1) is 15.0. The van der Waals surface area contributed by atoms with Crippen LogP contribution in [0.4, 0.5) is 4.39 Å². The quantitative estimate of drug-likeness (QED) is 0.376. The standard InChI is InChI=1S/C27H24FNO2/c1-18(2)25-24(27(30)31)23(20-11-7-4-8-12-20)26(21-13-15-22(28)16-14-21)29(25)17-19-9-5-3-6-10-19/h3-16,18H,17H2,1-2H3,(H,30,31). The van der Waals surface area contributed by atoms with Gasteiger partial charge in [-0.25, -0.2) is 9.18 Å². The molecular formula is C27H24FNO2. The fraction of sp³-hybridized carbons (Fsp3) is 0.148. The summed E-state index contributed by atoms with van der Waals surface area (Å²) in [4.78, 5) is 12.6. The van der Waals surface area contributed by atoms with Gasteiger partial charge in [-0.3, -0.25) is 0 Å². The first-order valence-electron chi connectivity index (χ1n) is 10.3. The van der Waals surface area contributed by atoms with Gasteiger partial charge in [0.15, 0.2) is 0 Å². The van der Waals surface area contributed by atoms with Crippen LogP contribution < -0.4 is 0 Å². The summed E-state index contributed by atoms with van der Waals surface area (Å²) in [6, 6.07) is 25.8. The van der Waals surface area contributed by atoms with Gasteiger partial charge < -0.3 is 9.67 Å². The van der Waals surface area contributed by atoms with E-state index in [0.717, 1.165) is 28.1 Å². The molecule has 0 aliphatic rings. The van der Waals surface area contributed by atoms with E-state index in [9.17, 15) is 14.3 Å². The molecule has 0 aliphatic heterocycles. The van der Waals surface area contributed by atoms with Gasteiger partial charge in [0, 0.05) is 17.8 Å². The van der Waals surface area contributed by atoms with E-state index >= 15 is 0 Å². The lowest BCUT2D eigenvalue weighted by atomic mass is 9.95. The molecule has 0 aliphatic carbocycles. The van der Waals surface area contributed by atoms with E-state index < -0.39 is 5.97 Å². The van der Waals surface area contributed by atoms with Crippen molar-refractivity contribution in [2.24, 2.45) is 0 Å². The van der Waals surface area contributed by atoms with Crippen LogP contribution in [0.3, 0.4) is 0 Å². The van der Waals surface area contributed by atoms with Crippen molar-refractivity contribution in [1.29, 1.82) is 0 Å². The number of aromatic nitrogens is 1. The van der Waals surface area contributed by atoms with Gasteiger partial charge in [-0.15, -0.1) is 0 Å². The van der Waals surface area contributed by atoms with Crippen molar-refractivity contribution in [3.05, 3.63) is 108 Å². The predicted molar refractivity (Wildman–Crippen MR) is 122 cm³/mol. The van der Waals surface area contributed by atoms with Crippen LogP contribution in [0.15, 0.2) is 84.9 Å². The van der Waals surface area contributed by atoms with Crippen LogP contribution in [0.1, 0.15) is 41.4 Å². The largest absolute Gasteiger partial charge is 0.478 e. The van der Waals surface area contributed by atoms with Gasteiger partial charge in [-0.2, -0.15) is 0 Å². The van der Waals surface area contributed by atoms with Crippen molar-refractivity contribution >= 4 is 5.97 Å². The van der Waals surface area contributed by atoms with Crippen LogP contribution in [0.5, 0.6) is 0 Å². The minimum Gasteiger partial charge on any atom is -0.478 e. The highest BCUT2D eigenvalue weighted by atomic mass is 19.1. The molecule has 0 bridgehead atoms. The van der Waals surface area contributed by atoms with Crippen LogP contribution in [-0.2, 0) is 6.54 Å². The van der Waals surface area contributed by atoms with Crippen LogP contribution in [0.25, 0.3) is 22.4 Å². The summed E-state index contributed by atoms with van der Waals surface area (Å²) < 4.78 is 15.8. The number of nitrogens with zero attached hydrogens (tertiary/aromatic N) is 1. The maximum Gasteiger partial charge on any atom is 0.338 e. The normalized spacial score (nSPS) is 11.1. The fourth-order valence-electron chi connectivity index (χ4n) is 4.18. The number of carbonyl (C=O) groups is 1. The summed E-state index contributed by atoms with van der Waals surface area (Å²) in [6.45, 7) is 4.53. The minimum atomic E-state index is -0.960. The summed E-state index contributed by atoms with van der Waals surface area (Å²) in [6.07, 6.45) is 0. The molecule has 0 amide bonds. The van der Waals surface area contributed by atoms with E-state index in [2.05, 4.69) is 4.57 Å². The first kappa shape index (κ1) is 20.6. The first-order valence-corrected chi connectivity index (χ1v) is 10.3. The zero-order chi connectivity index (χ0) is 22.0. The van der Waals surface area contributed by atoms with Crippen molar-refractivity contribution in [2.75, 3.05) is 0 Å². The third-order valence-electron chi connectivity index (χ3n) is 5.43. The molecule has 3 aromatic carbocycles. The van der Waals surface area contributed by atoms with Gasteiger partial charge in [-0.1, -0.05) is 74.5 Å². The minimum absolute atomic E-state index is 0.0218. The zero-order valence-electron chi connectivity index (χ0n) is 17.5. The summed E-state index contributed by atoms with van der Waals surface area (Å²) >= 11 is 0. The molecule has 0 unspecified atom stereocenters. The summed E-state index contributed by atoms with van der Waals surface area (Å²) in [5.74, 6) is -1.31. The second-order valence-electron chi connectivity index (χ2n) is 7.89. The van der Waals surface area contributed by atoms with Crippen molar-refractivity contribution in [3.8, 4) is 22.4 Å². The Labute approximate surface area is 181 Å². The molecule has 156 valence electrons. The lowest BCUT2D eigenvalue weighted by Gasteiger charge is -2.17. The van der Waals surface area contributed by atoms with Crippen molar-refractivity contribution < 1.29 is 14.3 Å². The Morgan fingerprint density at radius 1 is 0.871 bits per heavy atom. The number of benzene rings is 3. The predicted octanol–water partition coefficient (Wildman–Crippen LogP) is 6.83. The molecule has 4 heteroatoms. The van der Waals surface area contributed by atoms with Crippen molar-refractivity contribution in [3.63, 3.8) is 0 Å². The van der Waals surface area contributed by atoms with Gasteiger partial charge in [-0.05, 0) is 46.9 Å². The molecule has 1 N–H and O–H groups in total. The second kappa shape index (κ2) is 8.60. The maximum absolute atomic E-state index is 13.7. The average molecular weight is 413 g/mol. The summed E-state index contributed by atoms with van der Waals surface area (Å²) in [5, 5.41) is 10.3. The van der Waals surface area contributed by atoms with Crippen LogP contribution >= 0.6 is 0 Å². The Bertz CT molecular complexity index is 1190. The Hall–Kier alpha value is -3.66. The van der Waals surface area contributed by atoms with Gasteiger partial charge in [0.1, 0.15) is 5.82 Å². The number of aromatic carboxylic acids is 1. The molecular weight excluding hydrogens is 389 g/mol. The van der Waals surface area contributed by atoms with E-state index in [1.807, 2.05) is 74.5 Å². The molecule has 1 heterocycles. The molecule has 0 fully saturated rings. The Balaban J connectivity index is 2.11. The fourth-order valence-corrected chi connectivity index (χ4v) is 4.18. The van der Waals surface area contributed by atoms with Gasteiger partial charge in [0.05, 0.1) is 11.3 Å². The number of hydrogen-bond donors (Lipinski definition) is 1. The third kappa shape index (κ3) is 4.02. The highest BCUT2D eigenvalue weighted by molar-refractivity contribution is 6.03. The van der Waals surface area contributed by atoms with E-state index in [1.54, 1.807) is 12.1 Å². The Kier molecular flexibility index (Phi) is 5.72. The average Bonchev–Trinajstić information content (AvgIpc) is 3.11. The van der Waals surface area contributed by atoms with Gasteiger partial charge in [0.25, 0.3) is 0 Å². The molecule has 0 spiro atoms. The Morgan fingerprint density at radius 3 is 2.00 bits per heavy atom. The SMILES string of the molecule is CC(C)c1c(C(=O)O)c(-c2ccccc2)c(-c2ccc(F)cc2)n1Cc1ccccc1. The molecule has 31 heavy (non-hydrogen) atoms. The summed E-state index contributed by atoms with van der Waals surface area (Å²) in [7, 11) is 0. The van der Waals surface area contributed by atoms with E-state index in [1.165, 1.54) is 12.1 Å². The number of carboxylic acid groups (broad SMARTS) is 1. The van der Waals surface area contributed by atoms with Crippen LogP contribution in [0, 0.1) is 5.82 Å². The number of halogens is 1. The highest BCUT2D eigenvalue weighted by Gasteiger charge is 2.30. The van der Waals surface area contributed by atoms with Gasteiger partial charge >= 0.3 is 5.97 Å². The molecule has 0 saturated carbocycles. The van der Waals surface area contributed by atoms with E-state index in [4.69, 9.17) is 0 Å². The number of rotatable bonds is 6. The van der Waals surface area contributed by atoms with Crippen molar-refractivity contribution in [1.82, 2.24) is 4.57 Å². The third-order valence-corrected chi connectivity index (χ3v) is 5.43. The topological polar surface area (TPSA) is 42.2 Å². The van der Waals surface area contributed by atoms with Gasteiger partial charge in [0.2, 0.25) is 0 Å². The highest BCUT2D eigenvalue weighted by Crippen LogP contribution is 2.42. The molecule has 4 rings (SSSR count). The van der Waals surface area contributed by atoms with Crippen molar-refractivity contribution in [2.45, 2.75) is 26.3 Å². The monoisotopic (exact) mass is 413 g/mol. The molecule has 1 aromatic heterocycles. The number of hydrogen-bond acceptors (Lipinski definition) is 1. The van der Waals surface area contributed by atoms with E-state index in [-0.39, 0.29) is 11.7 Å². The Morgan fingerprint density at radius 2 is 1.45 bits per heavy atom. The van der Waals surface area contributed by atoms with Crippen LogP contribution in [-0.4, -0.2) is 15.6 Å². The molecule has 0 radical (unpaired) electrons. The zero-order valence-corrected chi connectivity index (χ0v) is 17.5. The summed E-state index contributed by atoms with van der Waals surface area (Å²) in [5.41, 5.74) is 5.19. The lowest BCUT2D eigenvalue weighted by Crippen LogP contribution is -2.10. The molecule has 0 saturated heterocycles. The maximum atomic E-state index is 13.7. The van der Waals surface area contributed by atoms with Crippen LogP contribution in [0.2, 0.25) is 0 Å². The molecule has 3 nitrogen and oxygen atoms in total. The van der Waals surface area contributed by atoms with E-state index in [0.29, 0.717) is 17.7 Å². The number of carboxylic acids is 1. The molecule has 4 aromatic rings. The lowest BCUT2D eigenvalue weighted by molar-refractivity contribution is 0.0696. The molecule has 0 atom stereocenters. The second-order valence-corrected chi connectivity index (χ2v) is 7.89.